The van der Waals surface area contributed by atoms with Gasteiger partial charge in [0.15, 0.2) is 0 Å². The largest absolute Gasteiger partial charge is 0.396 e. The third-order valence-electron chi connectivity index (χ3n) is 2.30. The Bertz CT molecular complexity index is 352. The molecule has 0 saturated carbocycles. The van der Waals surface area contributed by atoms with Crippen LogP contribution in [0.5, 0.6) is 0 Å². The second-order valence-corrected chi connectivity index (χ2v) is 5.91. The Kier molecular flexibility index (Phi) is 7.80. The predicted octanol–water partition coefficient (Wildman–Crippen LogP) is 2.38. The van der Waals surface area contributed by atoms with Gasteiger partial charge < -0.3 is 10.0 Å². The lowest BCUT2D eigenvalue weighted by Crippen LogP contribution is -2.31. The van der Waals surface area contributed by atoms with Crippen LogP contribution in [0.4, 0.5) is 0 Å². The maximum absolute atomic E-state index is 12.0. The lowest BCUT2D eigenvalue weighted by molar-refractivity contribution is -0.128. The quantitative estimate of drug-likeness (QED) is 0.559. The van der Waals surface area contributed by atoms with Gasteiger partial charge in [-0.3, -0.25) is 4.79 Å². The van der Waals surface area contributed by atoms with Crippen molar-refractivity contribution in [3.05, 3.63) is 35.0 Å². The van der Waals surface area contributed by atoms with Crippen molar-refractivity contribution in [1.29, 1.82) is 0 Å². The number of thioether (sulfide) groups is 1. The van der Waals surface area contributed by atoms with Crippen molar-refractivity contribution in [2.45, 2.75) is 13.0 Å². The van der Waals surface area contributed by atoms with E-state index in [1.54, 1.807) is 29.2 Å². The van der Waals surface area contributed by atoms with Gasteiger partial charge in [0.25, 0.3) is 0 Å². The molecule has 0 aliphatic rings. The molecule has 1 aromatic rings. The summed E-state index contributed by atoms with van der Waals surface area (Å²) in [6, 6.07) is 4.03. The molecule has 0 radical (unpaired) electrons. The summed E-state index contributed by atoms with van der Waals surface area (Å²) in [7, 11) is 0. The normalized spacial score (nSPS) is 10.3. The molecule has 0 spiro atoms. The zero-order valence-electron chi connectivity index (χ0n) is 10.4. The second kappa shape index (κ2) is 9.19. The number of carbonyl (C=O) groups is 1. The van der Waals surface area contributed by atoms with Gasteiger partial charge in [-0.2, -0.15) is 11.8 Å². The van der Waals surface area contributed by atoms with Crippen molar-refractivity contribution >= 4 is 29.0 Å². The highest BCUT2D eigenvalue weighted by Crippen LogP contribution is 2.13. The lowest BCUT2D eigenvalue weighted by Gasteiger charge is -2.20. The molecule has 5 heteroatoms. The number of amides is 1. The number of thiophene rings is 1. The van der Waals surface area contributed by atoms with E-state index in [4.69, 9.17) is 5.11 Å². The van der Waals surface area contributed by atoms with E-state index in [0.717, 1.165) is 12.2 Å². The van der Waals surface area contributed by atoms with Crippen LogP contribution in [0.25, 0.3) is 0 Å². The zero-order valence-corrected chi connectivity index (χ0v) is 12.0. The number of rotatable bonds is 9. The Morgan fingerprint density at radius 2 is 2.44 bits per heavy atom. The summed E-state index contributed by atoms with van der Waals surface area (Å²) in [5, 5.41) is 10.7. The SMILES string of the molecule is C=CCN(Cc1cccs1)C(=O)CSCCCO. The van der Waals surface area contributed by atoms with Crippen LogP contribution >= 0.6 is 23.1 Å². The van der Waals surface area contributed by atoms with Crippen LogP contribution in [0.15, 0.2) is 30.2 Å². The fourth-order valence-electron chi connectivity index (χ4n) is 1.42. The average molecular weight is 285 g/mol. The van der Waals surface area contributed by atoms with Gasteiger partial charge in [0.2, 0.25) is 5.91 Å². The fourth-order valence-corrected chi connectivity index (χ4v) is 2.97. The summed E-state index contributed by atoms with van der Waals surface area (Å²) in [4.78, 5) is 15.0. The first-order valence-corrected chi connectivity index (χ1v) is 7.91. The van der Waals surface area contributed by atoms with E-state index in [9.17, 15) is 4.79 Å². The molecule has 1 rings (SSSR count). The Balaban J connectivity index is 2.40. The summed E-state index contributed by atoms with van der Waals surface area (Å²) in [6.07, 6.45) is 2.49. The van der Waals surface area contributed by atoms with E-state index in [0.29, 0.717) is 18.8 Å². The van der Waals surface area contributed by atoms with Gasteiger partial charge in [0, 0.05) is 18.0 Å². The zero-order chi connectivity index (χ0) is 13.2. The van der Waals surface area contributed by atoms with Gasteiger partial charge in [-0.25, -0.2) is 0 Å². The molecule has 0 aliphatic carbocycles. The van der Waals surface area contributed by atoms with Crippen molar-refractivity contribution in [3.8, 4) is 0 Å². The molecule has 3 nitrogen and oxygen atoms in total. The highest BCUT2D eigenvalue weighted by atomic mass is 32.2. The third kappa shape index (κ3) is 5.71. The van der Waals surface area contributed by atoms with Crippen LogP contribution in [0.2, 0.25) is 0 Å². The van der Waals surface area contributed by atoms with Crippen LogP contribution < -0.4 is 0 Å². The number of aliphatic hydroxyl groups is 1. The van der Waals surface area contributed by atoms with Gasteiger partial charge in [-0.05, 0) is 23.6 Å². The van der Waals surface area contributed by atoms with E-state index in [1.165, 1.54) is 4.88 Å². The van der Waals surface area contributed by atoms with Crippen molar-refractivity contribution in [3.63, 3.8) is 0 Å². The third-order valence-corrected chi connectivity index (χ3v) is 4.19. The van der Waals surface area contributed by atoms with E-state index in [1.807, 2.05) is 22.4 Å². The smallest absolute Gasteiger partial charge is 0.233 e. The molecule has 0 atom stereocenters. The molecule has 0 bridgehead atoms. The van der Waals surface area contributed by atoms with Crippen LogP contribution in [0.3, 0.4) is 0 Å². The number of carbonyl (C=O) groups excluding carboxylic acids is 1. The Morgan fingerprint density at radius 3 is 3.06 bits per heavy atom. The lowest BCUT2D eigenvalue weighted by atomic mass is 10.4. The van der Waals surface area contributed by atoms with E-state index >= 15 is 0 Å². The molecular formula is C13H19NO2S2. The molecular weight excluding hydrogens is 266 g/mol. The van der Waals surface area contributed by atoms with Crippen LogP contribution in [0, 0.1) is 0 Å². The van der Waals surface area contributed by atoms with Gasteiger partial charge >= 0.3 is 0 Å². The van der Waals surface area contributed by atoms with Crippen molar-refractivity contribution < 1.29 is 9.90 Å². The molecule has 1 heterocycles. The first-order valence-electron chi connectivity index (χ1n) is 5.87. The molecule has 0 unspecified atom stereocenters. The summed E-state index contributed by atoms with van der Waals surface area (Å²) in [5.74, 6) is 1.42. The Morgan fingerprint density at radius 1 is 1.61 bits per heavy atom. The monoisotopic (exact) mass is 285 g/mol. The minimum Gasteiger partial charge on any atom is -0.396 e. The van der Waals surface area contributed by atoms with Crippen LogP contribution in [0.1, 0.15) is 11.3 Å². The summed E-state index contributed by atoms with van der Waals surface area (Å²) in [5.41, 5.74) is 0. The topological polar surface area (TPSA) is 40.5 Å². The Hall–Kier alpha value is -0.780. The van der Waals surface area contributed by atoms with Crippen molar-refractivity contribution in [2.24, 2.45) is 0 Å². The molecule has 1 aromatic heterocycles. The number of hydrogen-bond donors (Lipinski definition) is 1. The number of nitrogens with zero attached hydrogens (tertiary/aromatic N) is 1. The second-order valence-electron chi connectivity index (χ2n) is 3.77. The number of aliphatic hydroxyl groups excluding tert-OH is 1. The van der Waals surface area contributed by atoms with Crippen LogP contribution in [-0.4, -0.2) is 40.6 Å². The molecule has 18 heavy (non-hydrogen) atoms. The minimum atomic E-state index is 0.131. The highest BCUT2D eigenvalue weighted by Gasteiger charge is 2.12. The highest BCUT2D eigenvalue weighted by molar-refractivity contribution is 7.99. The molecule has 0 fully saturated rings. The van der Waals surface area contributed by atoms with Gasteiger partial charge in [-0.15, -0.1) is 17.9 Å². The molecule has 0 aliphatic heterocycles. The van der Waals surface area contributed by atoms with E-state index in [-0.39, 0.29) is 12.5 Å². The molecule has 0 aromatic carbocycles. The van der Waals surface area contributed by atoms with E-state index in [2.05, 4.69) is 6.58 Å². The maximum Gasteiger partial charge on any atom is 0.233 e. The average Bonchev–Trinajstić information content (AvgIpc) is 2.87. The van der Waals surface area contributed by atoms with Crippen LogP contribution in [-0.2, 0) is 11.3 Å². The first kappa shape index (κ1) is 15.3. The summed E-state index contributed by atoms with van der Waals surface area (Å²) >= 11 is 3.23. The molecule has 100 valence electrons. The van der Waals surface area contributed by atoms with Crippen molar-refractivity contribution in [2.75, 3.05) is 24.7 Å². The fraction of sp³-hybridized carbons (Fsp3) is 0.462. The molecule has 1 N–H and O–H groups in total. The summed E-state index contributed by atoms with van der Waals surface area (Å²) < 4.78 is 0. The molecule has 1 amide bonds. The first-order chi connectivity index (χ1) is 8.77. The standard InChI is InChI=1S/C13H19NO2S2/c1-2-6-14(10-12-5-3-9-18-12)13(16)11-17-8-4-7-15/h2-3,5,9,15H,1,4,6-8,10-11H2. The molecule has 0 saturated heterocycles. The van der Waals surface area contributed by atoms with E-state index < -0.39 is 0 Å². The Labute approximate surface area is 117 Å². The number of hydrogen-bond acceptors (Lipinski definition) is 4. The van der Waals surface area contributed by atoms with Gasteiger partial charge in [0.05, 0.1) is 12.3 Å². The summed E-state index contributed by atoms with van der Waals surface area (Å²) in [6.45, 7) is 5.12. The van der Waals surface area contributed by atoms with Gasteiger partial charge in [-0.1, -0.05) is 12.1 Å². The predicted molar refractivity (Wildman–Crippen MR) is 79.0 cm³/mol. The minimum absolute atomic E-state index is 0.131. The van der Waals surface area contributed by atoms with Crippen molar-refractivity contribution in [1.82, 2.24) is 4.90 Å². The van der Waals surface area contributed by atoms with Gasteiger partial charge in [0.1, 0.15) is 0 Å². The maximum atomic E-state index is 12.0.